The van der Waals surface area contributed by atoms with Gasteiger partial charge in [-0.15, -0.1) is 0 Å². The molecule has 0 heterocycles. The van der Waals surface area contributed by atoms with Gasteiger partial charge in [0.2, 0.25) is 11.8 Å². The molecular formula is C27H28Cl3N3O4S. The first-order valence-electron chi connectivity index (χ1n) is 11.8. The van der Waals surface area contributed by atoms with Gasteiger partial charge in [-0.3, -0.25) is 13.9 Å². The summed E-state index contributed by atoms with van der Waals surface area (Å²) in [5, 5.41) is 3.72. The minimum absolute atomic E-state index is 0.0244. The molecule has 38 heavy (non-hydrogen) atoms. The number of carbonyl (C=O) groups excluding carboxylic acids is 2. The molecule has 0 aliphatic rings. The second-order valence-electron chi connectivity index (χ2n) is 8.55. The van der Waals surface area contributed by atoms with Gasteiger partial charge in [-0.25, -0.2) is 8.42 Å². The maximum atomic E-state index is 13.9. The number of rotatable bonds is 10. The van der Waals surface area contributed by atoms with Crippen LogP contribution < -0.4 is 9.62 Å². The van der Waals surface area contributed by atoms with Gasteiger partial charge in [0.1, 0.15) is 12.6 Å². The van der Waals surface area contributed by atoms with E-state index in [4.69, 9.17) is 34.8 Å². The number of halogens is 3. The average molecular weight is 597 g/mol. The second-order valence-corrected chi connectivity index (χ2v) is 11.7. The van der Waals surface area contributed by atoms with Crippen molar-refractivity contribution in [3.05, 3.63) is 92.9 Å². The summed E-state index contributed by atoms with van der Waals surface area (Å²) in [4.78, 5) is 28.0. The monoisotopic (exact) mass is 595 g/mol. The Morgan fingerprint density at radius 2 is 1.58 bits per heavy atom. The lowest BCUT2D eigenvalue weighted by Crippen LogP contribution is -2.51. The minimum atomic E-state index is -4.18. The van der Waals surface area contributed by atoms with E-state index in [1.807, 2.05) is 0 Å². The quantitative estimate of drug-likeness (QED) is 0.325. The first-order valence-corrected chi connectivity index (χ1v) is 14.4. The molecule has 0 saturated heterocycles. The fourth-order valence-corrected chi connectivity index (χ4v) is 6.08. The zero-order valence-electron chi connectivity index (χ0n) is 21.1. The van der Waals surface area contributed by atoms with Crippen LogP contribution in [0.1, 0.15) is 24.5 Å². The number of sulfonamides is 1. The van der Waals surface area contributed by atoms with Gasteiger partial charge in [-0.1, -0.05) is 66.0 Å². The molecule has 0 aliphatic heterocycles. The van der Waals surface area contributed by atoms with E-state index in [1.165, 1.54) is 36.2 Å². The van der Waals surface area contributed by atoms with E-state index in [-0.39, 0.29) is 17.3 Å². The van der Waals surface area contributed by atoms with Crippen LogP contribution in [0.25, 0.3) is 0 Å². The molecule has 0 saturated carbocycles. The molecule has 0 aliphatic carbocycles. The third-order valence-electron chi connectivity index (χ3n) is 6.05. The number of para-hydroxylation sites is 1. The van der Waals surface area contributed by atoms with Crippen LogP contribution in [0, 0.1) is 6.92 Å². The molecule has 1 N–H and O–H groups in total. The maximum Gasteiger partial charge on any atom is 0.264 e. The van der Waals surface area contributed by atoms with E-state index < -0.39 is 28.5 Å². The predicted octanol–water partition coefficient (Wildman–Crippen LogP) is 5.70. The molecule has 3 aromatic rings. The summed E-state index contributed by atoms with van der Waals surface area (Å²) in [5.41, 5.74) is 1.56. The molecule has 11 heteroatoms. The summed E-state index contributed by atoms with van der Waals surface area (Å²) >= 11 is 18.4. The molecule has 1 atom stereocenters. The van der Waals surface area contributed by atoms with Gasteiger partial charge in [0.25, 0.3) is 10.0 Å². The molecule has 2 amide bonds. The first-order chi connectivity index (χ1) is 18.0. The van der Waals surface area contributed by atoms with E-state index >= 15 is 0 Å². The van der Waals surface area contributed by atoms with Gasteiger partial charge in [0, 0.05) is 28.7 Å². The highest BCUT2D eigenvalue weighted by Crippen LogP contribution is 2.29. The summed E-state index contributed by atoms with van der Waals surface area (Å²) in [5.74, 6) is -0.957. The first kappa shape index (κ1) is 29.8. The summed E-state index contributed by atoms with van der Waals surface area (Å²) in [7, 11) is -2.70. The Morgan fingerprint density at radius 1 is 0.947 bits per heavy atom. The Morgan fingerprint density at radius 3 is 2.16 bits per heavy atom. The van der Waals surface area contributed by atoms with Gasteiger partial charge < -0.3 is 10.2 Å². The maximum absolute atomic E-state index is 13.9. The van der Waals surface area contributed by atoms with Crippen molar-refractivity contribution in [2.45, 2.75) is 37.8 Å². The predicted molar refractivity (Wildman–Crippen MR) is 152 cm³/mol. The smallest absolute Gasteiger partial charge is 0.264 e. The number of nitrogens with one attached hydrogen (secondary N) is 1. The third kappa shape index (κ3) is 6.80. The standard InChI is InChI=1S/C27H28Cl3N3O4S/c1-4-24(27(35)31-3)32(16-19-9-10-21(29)15-23(19)30)26(34)17-33(25-8-6-5-7-18(25)2)38(36,37)22-13-11-20(28)12-14-22/h5-15,24H,4,16-17H2,1-3H3,(H,31,35). The fraction of sp³-hybridized carbons (Fsp3) is 0.259. The molecule has 0 radical (unpaired) electrons. The Labute approximate surface area is 238 Å². The van der Waals surface area contributed by atoms with Crippen LogP contribution in [0.2, 0.25) is 15.1 Å². The SMILES string of the molecule is CCC(C(=O)NC)N(Cc1ccc(Cl)cc1Cl)C(=O)CN(c1ccccc1C)S(=O)(=O)c1ccc(Cl)cc1. The Kier molecular flexibility index (Phi) is 10.1. The number of aryl methyl sites for hydroxylation is 1. The molecule has 3 aromatic carbocycles. The molecule has 202 valence electrons. The lowest BCUT2D eigenvalue weighted by Gasteiger charge is -2.33. The molecule has 1 unspecified atom stereocenters. The van der Waals surface area contributed by atoms with Crippen molar-refractivity contribution in [3.63, 3.8) is 0 Å². The second kappa shape index (κ2) is 12.8. The molecular weight excluding hydrogens is 569 g/mol. The van der Waals surface area contributed by atoms with Crippen LogP contribution in [-0.2, 0) is 26.2 Å². The number of nitrogens with zero attached hydrogens (tertiary/aromatic N) is 2. The van der Waals surface area contributed by atoms with Crippen molar-refractivity contribution in [2.24, 2.45) is 0 Å². The van der Waals surface area contributed by atoms with Crippen LogP contribution in [0.15, 0.2) is 71.6 Å². The van der Waals surface area contributed by atoms with Crippen molar-refractivity contribution in [2.75, 3.05) is 17.9 Å². The zero-order valence-corrected chi connectivity index (χ0v) is 24.2. The topological polar surface area (TPSA) is 86.8 Å². The van der Waals surface area contributed by atoms with Gasteiger partial charge in [0.15, 0.2) is 0 Å². The van der Waals surface area contributed by atoms with E-state index in [9.17, 15) is 18.0 Å². The van der Waals surface area contributed by atoms with Gasteiger partial charge in [0.05, 0.1) is 10.6 Å². The van der Waals surface area contributed by atoms with Crippen LogP contribution in [0.4, 0.5) is 5.69 Å². The van der Waals surface area contributed by atoms with E-state index in [2.05, 4.69) is 5.32 Å². The van der Waals surface area contributed by atoms with E-state index in [0.717, 1.165) is 4.31 Å². The number of benzene rings is 3. The highest BCUT2D eigenvalue weighted by atomic mass is 35.5. The summed E-state index contributed by atoms with van der Waals surface area (Å²) in [6, 6.07) is 16.6. The van der Waals surface area contributed by atoms with Crippen LogP contribution in [0.5, 0.6) is 0 Å². The molecule has 3 rings (SSSR count). The third-order valence-corrected chi connectivity index (χ3v) is 8.67. The number of likely N-dealkylation sites (N-methyl/N-ethyl adjacent to an activating group) is 1. The highest BCUT2D eigenvalue weighted by molar-refractivity contribution is 7.92. The van der Waals surface area contributed by atoms with Crippen molar-refractivity contribution in [1.82, 2.24) is 10.2 Å². The average Bonchev–Trinajstić information content (AvgIpc) is 2.88. The summed E-state index contributed by atoms with van der Waals surface area (Å²) in [6.45, 7) is 2.96. The van der Waals surface area contributed by atoms with E-state index in [0.29, 0.717) is 38.3 Å². The zero-order chi connectivity index (χ0) is 28.0. The van der Waals surface area contributed by atoms with Gasteiger partial charge >= 0.3 is 0 Å². The Hall–Kier alpha value is -2.78. The molecule has 0 fully saturated rings. The number of anilines is 1. The van der Waals surface area contributed by atoms with Crippen LogP contribution >= 0.6 is 34.8 Å². The lowest BCUT2D eigenvalue weighted by atomic mass is 10.1. The summed E-state index contributed by atoms with van der Waals surface area (Å²) in [6.07, 6.45) is 0.297. The Bertz CT molecular complexity index is 1420. The highest BCUT2D eigenvalue weighted by Gasteiger charge is 2.34. The number of amides is 2. The minimum Gasteiger partial charge on any atom is -0.357 e. The van der Waals surface area contributed by atoms with Crippen molar-refractivity contribution in [3.8, 4) is 0 Å². The summed E-state index contributed by atoms with van der Waals surface area (Å²) < 4.78 is 28.7. The van der Waals surface area contributed by atoms with E-state index in [1.54, 1.807) is 56.3 Å². The fourth-order valence-electron chi connectivity index (χ4n) is 4.01. The van der Waals surface area contributed by atoms with Crippen molar-refractivity contribution >= 4 is 62.3 Å². The van der Waals surface area contributed by atoms with Crippen molar-refractivity contribution in [1.29, 1.82) is 0 Å². The lowest BCUT2D eigenvalue weighted by molar-refractivity contribution is -0.140. The van der Waals surface area contributed by atoms with Crippen LogP contribution in [-0.4, -0.2) is 44.8 Å². The molecule has 7 nitrogen and oxygen atoms in total. The molecule has 0 spiro atoms. The van der Waals surface area contributed by atoms with Crippen LogP contribution in [0.3, 0.4) is 0 Å². The molecule has 0 aromatic heterocycles. The van der Waals surface area contributed by atoms with Crippen molar-refractivity contribution < 1.29 is 18.0 Å². The Balaban J connectivity index is 2.09. The van der Waals surface area contributed by atoms with Gasteiger partial charge in [-0.05, 0) is 66.9 Å². The van der Waals surface area contributed by atoms with Gasteiger partial charge in [-0.2, -0.15) is 0 Å². The number of carbonyl (C=O) groups is 2. The number of hydrogen-bond acceptors (Lipinski definition) is 4. The number of hydrogen-bond donors (Lipinski definition) is 1. The largest absolute Gasteiger partial charge is 0.357 e. The molecule has 0 bridgehead atoms. The normalized spacial score (nSPS) is 12.1.